The number of carbonyl (C=O) groups is 1. The van der Waals surface area contributed by atoms with Crippen molar-refractivity contribution in [3.8, 4) is 5.75 Å². The van der Waals surface area contributed by atoms with Crippen LogP contribution in [0.15, 0.2) is 48.5 Å². The number of benzene rings is 2. The number of nitrogens with one attached hydrogen (secondary N) is 1. The molecule has 0 spiro atoms. The molecule has 0 atom stereocenters. The normalized spacial score (nSPS) is 10.6. The van der Waals surface area contributed by atoms with Crippen LogP contribution in [-0.2, 0) is 4.79 Å². The lowest BCUT2D eigenvalue weighted by molar-refractivity contribution is -0.111. The Morgan fingerprint density at radius 2 is 1.95 bits per heavy atom. The Morgan fingerprint density at radius 3 is 2.57 bits per heavy atom. The van der Waals surface area contributed by atoms with Crippen LogP contribution in [0.25, 0.3) is 6.08 Å². The summed E-state index contributed by atoms with van der Waals surface area (Å²) in [4.78, 5) is 11.7. The van der Waals surface area contributed by atoms with Crippen LogP contribution in [-0.4, -0.2) is 13.0 Å². The molecule has 2 rings (SSSR count). The van der Waals surface area contributed by atoms with Crippen molar-refractivity contribution in [1.29, 1.82) is 0 Å². The summed E-state index contributed by atoms with van der Waals surface area (Å²) in [6, 6.07) is 11.3. The van der Waals surface area contributed by atoms with Crippen molar-refractivity contribution in [1.82, 2.24) is 0 Å². The van der Waals surface area contributed by atoms with Crippen LogP contribution in [0, 0.1) is 5.82 Å². The van der Waals surface area contributed by atoms with Gasteiger partial charge in [0, 0.05) is 11.8 Å². The van der Waals surface area contributed by atoms with Crippen LogP contribution in [0.4, 0.5) is 10.1 Å². The summed E-state index contributed by atoms with van der Waals surface area (Å²) < 4.78 is 18.0. The smallest absolute Gasteiger partial charge is 0.248 e. The van der Waals surface area contributed by atoms with Crippen molar-refractivity contribution in [2.24, 2.45) is 0 Å². The van der Waals surface area contributed by atoms with E-state index in [2.05, 4.69) is 5.32 Å². The number of anilines is 1. The largest absolute Gasteiger partial charge is 0.497 e. The molecule has 0 bridgehead atoms. The quantitative estimate of drug-likeness (QED) is 0.862. The van der Waals surface area contributed by atoms with Crippen molar-refractivity contribution >= 4 is 29.3 Å². The predicted octanol–water partition coefficient (Wildman–Crippen LogP) is 4.14. The van der Waals surface area contributed by atoms with Crippen LogP contribution < -0.4 is 10.1 Å². The summed E-state index contributed by atoms with van der Waals surface area (Å²) in [5.74, 6) is -0.102. The maximum absolute atomic E-state index is 13.0. The summed E-state index contributed by atoms with van der Waals surface area (Å²) in [5.41, 5.74) is 1.30. The van der Waals surface area contributed by atoms with Crippen molar-refractivity contribution in [2.45, 2.75) is 0 Å². The van der Waals surface area contributed by atoms with E-state index in [0.717, 1.165) is 11.3 Å². The summed E-state index contributed by atoms with van der Waals surface area (Å²) in [6.45, 7) is 0. The maximum atomic E-state index is 13.0. The number of ether oxygens (including phenoxy) is 1. The molecule has 0 unspecified atom stereocenters. The number of halogens is 2. The van der Waals surface area contributed by atoms with Gasteiger partial charge < -0.3 is 10.1 Å². The van der Waals surface area contributed by atoms with Gasteiger partial charge in [0.15, 0.2) is 0 Å². The first-order chi connectivity index (χ1) is 10.1. The molecule has 0 heterocycles. The molecule has 0 aliphatic carbocycles. The van der Waals surface area contributed by atoms with E-state index < -0.39 is 5.82 Å². The Balaban J connectivity index is 1.99. The van der Waals surface area contributed by atoms with Crippen LogP contribution in [0.2, 0.25) is 5.02 Å². The van der Waals surface area contributed by atoms with Gasteiger partial charge >= 0.3 is 0 Å². The Labute approximate surface area is 127 Å². The highest BCUT2D eigenvalue weighted by Crippen LogP contribution is 2.19. The lowest BCUT2D eigenvalue weighted by Gasteiger charge is -2.03. The average Bonchev–Trinajstić information content (AvgIpc) is 2.49. The van der Waals surface area contributed by atoms with E-state index in [1.165, 1.54) is 24.3 Å². The first-order valence-corrected chi connectivity index (χ1v) is 6.54. The molecule has 0 aliphatic rings. The zero-order chi connectivity index (χ0) is 15.2. The number of amides is 1. The van der Waals surface area contributed by atoms with Gasteiger partial charge in [0.2, 0.25) is 5.91 Å². The van der Waals surface area contributed by atoms with E-state index in [1.807, 2.05) is 12.1 Å². The Kier molecular flexibility index (Phi) is 4.95. The fraction of sp³-hybridized carbons (Fsp3) is 0.0625. The highest BCUT2D eigenvalue weighted by molar-refractivity contribution is 6.31. The molecule has 2 aromatic rings. The molecule has 3 nitrogen and oxygen atoms in total. The van der Waals surface area contributed by atoms with E-state index in [1.54, 1.807) is 25.3 Å². The van der Waals surface area contributed by atoms with Gasteiger partial charge in [-0.25, -0.2) is 4.39 Å². The number of methoxy groups -OCH3 is 1. The van der Waals surface area contributed by atoms with Gasteiger partial charge in [-0.05, 0) is 42.0 Å². The molecule has 1 amide bonds. The molecule has 108 valence electrons. The molecule has 1 N–H and O–H groups in total. The molecule has 0 saturated carbocycles. The molecule has 0 aliphatic heterocycles. The number of hydrogen-bond donors (Lipinski definition) is 1. The second-order valence-corrected chi connectivity index (χ2v) is 4.63. The van der Waals surface area contributed by atoms with Crippen molar-refractivity contribution in [3.05, 3.63) is 64.9 Å². The monoisotopic (exact) mass is 305 g/mol. The van der Waals surface area contributed by atoms with Gasteiger partial charge in [-0.2, -0.15) is 0 Å². The minimum atomic E-state index is -0.525. The second-order valence-electron chi connectivity index (χ2n) is 4.22. The third-order valence-electron chi connectivity index (χ3n) is 2.73. The lowest BCUT2D eigenvalue weighted by atomic mass is 10.2. The van der Waals surface area contributed by atoms with Crippen LogP contribution in [0.1, 0.15) is 5.56 Å². The second kappa shape index (κ2) is 6.90. The summed E-state index contributed by atoms with van der Waals surface area (Å²) in [7, 11) is 1.59. The van der Waals surface area contributed by atoms with Gasteiger partial charge in [0.1, 0.15) is 11.6 Å². The number of hydrogen-bond acceptors (Lipinski definition) is 2. The molecule has 0 saturated heterocycles. The standard InChI is InChI=1S/C16H13ClFNO2/c1-21-13-6-2-11(3-7-13)4-9-16(20)19-12-5-8-15(18)14(17)10-12/h2-10H,1H3,(H,19,20)/b9-4+. The minimum absolute atomic E-state index is 0.0352. The fourth-order valence-electron chi connectivity index (χ4n) is 1.64. The van der Waals surface area contributed by atoms with Crippen LogP contribution in [0.5, 0.6) is 5.75 Å². The van der Waals surface area contributed by atoms with E-state index in [4.69, 9.17) is 16.3 Å². The average molecular weight is 306 g/mol. The Hall–Kier alpha value is -2.33. The van der Waals surface area contributed by atoms with Crippen molar-refractivity contribution in [2.75, 3.05) is 12.4 Å². The lowest BCUT2D eigenvalue weighted by Crippen LogP contribution is -2.07. The van der Waals surface area contributed by atoms with Gasteiger partial charge in [0.05, 0.1) is 12.1 Å². The van der Waals surface area contributed by atoms with Gasteiger partial charge in [-0.15, -0.1) is 0 Å². The fourth-order valence-corrected chi connectivity index (χ4v) is 1.83. The number of rotatable bonds is 4. The van der Waals surface area contributed by atoms with Crippen molar-refractivity contribution < 1.29 is 13.9 Å². The molecular formula is C16H13ClFNO2. The topological polar surface area (TPSA) is 38.3 Å². The SMILES string of the molecule is COc1ccc(/C=C/C(=O)Nc2ccc(F)c(Cl)c2)cc1. The van der Waals surface area contributed by atoms with E-state index in [0.29, 0.717) is 5.69 Å². The summed E-state index contributed by atoms with van der Waals surface area (Å²) >= 11 is 5.64. The van der Waals surface area contributed by atoms with E-state index in [9.17, 15) is 9.18 Å². The minimum Gasteiger partial charge on any atom is -0.497 e. The molecule has 5 heteroatoms. The predicted molar refractivity (Wildman–Crippen MR) is 82.1 cm³/mol. The molecule has 21 heavy (non-hydrogen) atoms. The maximum Gasteiger partial charge on any atom is 0.248 e. The Morgan fingerprint density at radius 1 is 1.24 bits per heavy atom. The highest BCUT2D eigenvalue weighted by Gasteiger charge is 2.02. The molecular weight excluding hydrogens is 293 g/mol. The third kappa shape index (κ3) is 4.33. The Bertz CT molecular complexity index is 668. The van der Waals surface area contributed by atoms with E-state index in [-0.39, 0.29) is 10.9 Å². The molecule has 2 aromatic carbocycles. The molecule has 0 fully saturated rings. The number of carbonyl (C=O) groups excluding carboxylic acids is 1. The van der Waals surface area contributed by atoms with Gasteiger partial charge in [-0.1, -0.05) is 23.7 Å². The molecule has 0 aromatic heterocycles. The van der Waals surface area contributed by atoms with Crippen LogP contribution in [0.3, 0.4) is 0 Å². The highest BCUT2D eigenvalue weighted by atomic mass is 35.5. The van der Waals surface area contributed by atoms with Gasteiger partial charge in [0.25, 0.3) is 0 Å². The summed E-state index contributed by atoms with van der Waals surface area (Å²) in [5, 5.41) is 2.57. The van der Waals surface area contributed by atoms with Crippen molar-refractivity contribution in [3.63, 3.8) is 0 Å². The third-order valence-corrected chi connectivity index (χ3v) is 3.02. The zero-order valence-corrected chi connectivity index (χ0v) is 12.0. The van der Waals surface area contributed by atoms with Gasteiger partial charge in [-0.3, -0.25) is 4.79 Å². The zero-order valence-electron chi connectivity index (χ0n) is 11.3. The first-order valence-electron chi connectivity index (χ1n) is 6.16. The van der Waals surface area contributed by atoms with E-state index >= 15 is 0 Å². The first kappa shape index (κ1) is 15.1. The summed E-state index contributed by atoms with van der Waals surface area (Å²) in [6.07, 6.45) is 3.05. The molecule has 0 radical (unpaired) electrons. The van der Waals surface area contributed by atoms with Crippen LogP contribution >= 0.6 is 11.6 Å².